The van der Waals surface area contributed by atoms with Crippen molar-refractivity contribution in [3.63, 3.8) is 0 Å². The highest BCUT2D eigenvalue weighted by molar-refractivity contribution is 7.99. The molecular weight excluding hydrogens is 302 g/mol. The Morgan fingerprint density at radius 1 is 1.04 bits per heavy atom. The van der Waals surface area contributed by atoms with E-state index in [-0.39, 0.29) is 16.5 Å². The minimum absolute atomic E-state index is 0.0200. The number of fused-ring (bicyclic) bond motifs is 2. The first-order valence-electron chi connectivity index (χ1n) is 8.30. The molecule has 2 aromatic rings. The topological polar surface area (TPSA) is 21.3 Å². The van der Waals surface area contributed by atoms with E-state index < -0.39 is 0 Å². The Bertz CT molecular complexity index is 700. The van der Waals surface area contributed by atoms with Crippen molar-refractivity contribution in [2.45, 2.75) is 48.1 Å². The molecule has 120 valence electrons. The van der Waals surface area contributed by atoms with Gasteiger partial charge in [-0.1, -0.05) is 54.2 Å². The molecule has 3 heteroatoms. The van der Waals surface area contributed by atoms with Crippen molar-refractivity contribution < 1.29 is 4.74 Å². The molecule has 1 aliphatic carbocycles. The van der Waals surface area contributed by atoms with E-state index in [0.29, 0.717) is 0 Å². The van der Waals surface area contributed by atoms with Crippen LogP contribution in [0.15, 0.2) is 59.5 Å². The molecule has 4 rings (SSSR count). The highest BCUT2D eigenvalue weighted by atomic mass is 32.2. The molecule has 1 saturated heterocycles. The number of benzene rings is 2. The van der Waals surface area contributed by atoms with Gasteiger partial charge in [0.25, 0.3) is 0 Å². The minimum atomic E-state index is -0.0871. The second-order valence-electron chi connectivity index (χ2n) is 7.16. The number of hydrogen-bond acceptors (Lipinski definition) is 3. The SMILES string of the molecule is CC1(C)NC2(CCc3ccccc32)COC1Sc1ccccc1. The molecule has 0 aromatic heterocycles. The van der Waals surface area contributed by atoms with Crippen molar-refractivity contribution in [3.8, 4) is 0 Å². The summed E-state index contributed by atoms with van der Waals surface area (Å²) in [4.78, 5) is 1.26. The zero-order valence-corrected chi connectivity index (χ0v) is 14.5. The Morgan fingerprint density at radius 3 is 2.57 bits per heavy atom. The summed E-state index contributed by atoms with van der Waals surface area (Å²) in [7, 11) is 0. The van der Waals surface area contributed by atoms with Crippen LogP contribution in [0.4, 0.5) is 0 Å². The fraction of sp³-hybridized carbons (Fsp3) is 0.400. The number of hydrogen-bond donors (Lipinski definition) is 1. The number of nitrogens with one attached hydrogen (secondary N) is 1. The van der Waals surface area contributed by atoms with Gasteiger partial charge in [-0.15, -0.1) is 0 Å². The summed E-state index contributed by atoms with van der Waals surface area (Å²) >= 11 is 1.81. The molecule has 2 aliphatic rings. The second-order valence-corrected chi connectivity index (χ2v) is 8.30. The summed E-state index contributed by atoms with van der Waals surface area (Å²) in [6, 6.07) is 19.3. The highest BCUT2D eigenvalue weighted by Gasteiger charge is 2.49. The van der Waals surface area contributed by atoms with Crippen molar-refractivity contribution >= 4 is 11.8 Å². The predicted molar refractivity (Wildman–Crippen MR) is 95.7 cm³/mol. The van der Waals surface area contributed by atoms with E-state index in [4.69, 9.17) is 4.74 Å². The molecule has 0 saturated carbocycles. The van der Waals surface area contributed by atoms with E-state index in [2.05, 4.69) is 73.8 Å². The summed E-state index contributed by atoms with van der Waals surface area (Å²) < 4.78 is 6.39. The van der Waals surface area contributed by atoms with Crippen LogP contribution < -0.4 is 5.32 Å². The molecule has 2 aromatic carbocycles. The fourth-order valence-corrected chi connectivity index (χ4v) is 4.96. The Kier molecular flexibility index (Phi) is 3.75. The Morgan fingerprint density at radius 2 is 1.78 bits per heavy atom. The van der Waals surface area contributed by atoms with Gasteiger partial charge in [-0.05, 0) is 49.9 Å². The van der Waals surface area contributed by atoms with Crippen LogP contribution in [0.1, 0.15) is 31.4 Å². The van der Waals surface area contributed by atoms with Crippen LogP contribution in [-0.4, -0.2) is 17.6 Å². The van der Waals surface area contributed by atoms with E-state index in [1.54, 1.807) is 0 Å². The third-order valence-electron chi connectivity index (χ3n) is 4.97. The average Bonchev–Trinajstić information content (AvgIpc) is 2.90. The van der Waals surface area contributed by atoms with Crippen LogP contribution in [0.5, 0.6) is 0 Å². The lowest BCUT2D eigenvalue weighted by molar-refractivity contribution is -0.0520. The molecule has 23 heavy (non-hydrogen) atoms. The molecule has 1 N–H and O–H groups in total. The van der Waals surface area contributed by atoms with Gasteiger partial charge in [0.1, 0.15) is 5.44 Å². The van der Waals surface area contributed by atoms with Gasteiger partial charge in [-0.25, -0.2) is 0 Å². The van der Waals surface area contributed by atoms with Crippen molar-refractivity contribution in [3.05, 3.63) is 65.7 Å². The summed E-state index contributed by atoms with van der Waals surface area (Å²) in [5.41, 5.74) is 2.90. The fourth-order valence-electron chi connectivity index (χ4n) is 3.91. The monoisotopic (exact) mass is 325 g/mol. The van der Waals surface area contributed by atoms with Gasteiger partial charge in [0.15, 0.2) is 0 Å². The van der Waals surface area contributed by atoms with Gasteiger partial charge in [-0.2, -0.15) is 0 Å². The lowest BCUT2D eigenvalue weighted by atomic mass is 9.87. The first kappa shape index (κ1) is 15.3. The standard InChI is InChI=1S/C20H23NOS/c1-19(2)18(23-16-9-4-3-5-10-16)22-14-20(21-19)13-12-15-8-6-7-11-17(15)20/h3-11,18,21H,12-14H2,1-2H3. The molecule has 0 bridgehead atoms. The van der Waals surface area contributed by atoms with Crippen molar-refractivity contribution in [2.75, 3.05) is 6.61 Å². The zero-order valence-electron chi connectivity index (χ0n) is 13.7. The molecule has 1 aliphatic heterocycles. The maximum absolute atomic E-state index is 6.39. The second kappa shape index (κ2) is 5.66. The normalized spacial score (nSPS) is 28.7. The van der Waals surface area contributed by atoms with E-state index in [0.717, 1.165) is 19.4 Å². The third kappa shape index (κ3) is 2.71. The first-order valence-corrected chi connectivity index (χ1v) is 9.18. The molecule has 2 unspecified atom stereocenters. The van der Waals surface area contributed by atoms with Crippen molar-refractivity contribution in [2.24, 2.45) is 0 Å². The van der Waals surface area contributed by atoms with E-state index in [9.17, 15) is 0 Å². The smallest absolute Gasteiger partial charge is 0.125 e. The van der Waals surface area contributed by atoms with Gasteiger partial charge < -0.3 is 4.74 Å². The molecule has 0 amide bonds. The summed E-state index contributed by atoms with van der Waals surface area (Å²) in [6.45, 7) is 5.27. The van der Waals surface area contributed by atoms with E-state index >= 15 is 0 Å². The molecule has 0 radical (unpaired) electrons. The number of ether oxygens (including phenoxy) is 1. The summed E-state index contributed by atoms with van der Waals surface area (Å²) in [5.74, 6) is 0. The van der Waals surface area contributed by atoms with Crippen LogP contribution in [0.25, 0.3) is 0 Å². The lowest BCUT2D eigenvalue weighted by Crippen LogP contribution is -2.64. The van der Waals surface area contributed by atoms with Crippen LogP contribution in [-0.2, 0) is 16.7 Å². The molecule has 2 atom stereocenters. The van der Waals surface area contributed by atoms with Crippen molar-refractivity contribution in [1.29, 1.82) is 0 Å². The minimum Gasteiger partial charge on any atom is -0.363 e. The van der Waals surface area contributed by atoms with Crippen LogP contribution in [0.3, 0.4) is 0 Å². The average molecular weight is 325 g/mol. The molecule has 1 spiro atoms. The zero-order chi connectivity index (χ0) is 15.9. The number of aryl methyl sites for hydroxylation is 1. The Balaban J connectivity index is 1.58. The first-order chi connectivity index (χ1) is 11.1. The van der Waals surface area contributed by atoms with Gasteiger partial charge >= 0.3 is 0 Å². The molecular formula is C20H23NOS. The molecule has 2 nitrogen and oxygen atoms in total. The van der Waals surface area contributed by atoms with Gasteiger partial charge in [0.05, 0.1) is 12.1 Å². The van der Waals surface area contributed by atoms with Gasteiger partial charge in [0, 0.05) is 10.4 Å². The maximum atomic E-state index is 6.39. The third-order valence-corrected chi connectivity index (χ3v) is 6.46. The molecule has 1 heterocycles. The Hall–Kier alpha value is -1.29. The van der Waals surface area contributed by atoms with Gasteiger partial charge in [0.2, 0.25) is 0 Å². The van der Waals surface area contributed by atoms with Gasteiger partial charge in [-0.3, -0.25) is 5.32 Å². The summed E-state index contributed by atoms with van der Waals surface area (Å²) in [6.07, 6.45) is 2.26. The molecule has 1 fully saturated rings. The van der Waals surface area contributed by atoms with Crippen LogP contribution in [0.2, 0.25) is 0 Å². The summed E-state index contributed by atoms with van der Waals surface area (Å²) in [5, 5.41) is 3.95. The largest absolute Gasteiger partial charge is 0.363 e. The van der Waals surface area contributed by atoms with Crippen molar-refractivity contribution in [1.82, 2.24) is 5.32 Å². The lowest BCUT2D eigenvalue weighted by Gasteiger charge is -2.49. The highest BCUT2D eigenvalue weighted by Crippen LogP contribution is 2.44. The van der Waals surface area contributed by atoms with E-state index in [1.165, 1.54) is 16.0 Å². The predicted octanol–water partition coefficient (Wildman–Crippen LogP) is 4.34. The maximum Gasteiger partial charge on any atom is 0.125 e. The van der Waals surface area contributed by atoms with E-state index in [1.807, 2.05) is 11.8 Å². The van der Waals surface area contributed by atoms with Crippen LogP contribution >= 0.6 is 11.8 Å². The van der Waals surface area contributed by atoms with Crippen LogP contribution in [0, 0.1) is 0 Å². The Labute approximate surface area is 142 Å². The number of thioether (sulfide) groups is 1. The number of rotatable bonds is 2. The quantitative estimate of drug-likeness (QED) is 0.887. The number of morpholine rings is 1.